The molecular formula is C18H28N4O4S. The van der Waals surface area contributed by atoms with Gasteiger partial charge in [-0.2, -0.15) is 0 Å². The molecule has 150 valence electrons. The van der Waals surface area contributed by atoms with Crippen LogP contribution < -0.4 is 4.90 Å². The van der Waals surface area contributed by atoms with Gasteiger partial charge in [-0.1, -0.05) is 20.8 Å². The van der Waals surface area contributed by atoms with Gasteiger partial charge < -0.3 is 14.9 Å². The zero-order valence-electron chi connectivity index (χ0n) is 16.3. The van der Waals surface area contributed by atoms with Crippen molar-refractivity contribution in [1.29, 1.82) is 0 Å². The van der Waals surface area contributed by atoms with Crippen LogP contribution in [0.1, 0.15) is 40.0 Å². The molecule has 0 aromatic carbocycles. The standard InChI is InChI=1S/C18H28N4O4S/c1-17(2,3)15-18(7-10-21(11-8-18)16(23)24)9-12-22(15)13-5-6-14(20-19-13)27(4,25)26/h5-6,15H,7-12H2,1-4H3,(H,23,24). The first-order valence-electron chi connectivity index (χ1n) is 9.22. The second kappa shape index (κ2) is 6.61. The summed E-state index contributed by atoms with van der Waals surface area (Å²) in [6, 6.07) is 3.42. The SMILES string of the molecule is CC(C)(C)C1N(c2ccc(S(C)(=O)=O)nn2)CCC12CCN(C(=O)O)CC2. The molecule has 1 aromatic heterocycles. The summed E-state index contributed by atoms with van der Waals surface area (Å²) in [5, 5.41) is 17.4. The molecule has 1 aromatic rings. The molecule has 1 atom stereocenters. The maximum Gasteiger partial charge on any atom is 0.407 e. The number of amides is 1. The third-order valence-corrected chi connectivity index (χ3v) is 6.87. The van der Waals surface area contributed by atoms with Crippen molar-refractivity contribution in [2.75, 3.05) is 30.8 Å². The van der Waals surface area contributed by atoms with Gasteiger partial charge in [-0.25, -0.2) is 13.2 Å². The van der Waals surface area contributed by atoms with E-state index in [0.717, 1.165) is 32.1 Å². The zero-order chi connectivity index (χ0) is 20.0. The van der Waals surface area contributed by atoms with Gasteiger partial charge in [0.2, 0.25) is 0 Å². The van der Waals surface area contributed by atoms with Gasteiger partial charge in [0.1, 0.15) is 0 Å². The molecule has 8 nitrogen and oxygen atoms in total. The lowest BCUT2D eigenvalue weighted by atomic mass is 9.64. The summed E-state index contributed by atoms with van der Waals surface area (Å²) in [7, 11) is -3.38. The predicted molar refractivity (Wildman–Crippen MR) is 102 cm³/mol. The van der Waals surface area contributed by atoms with Gasteiger partial charge in [-0.3, -0.25) is 0 Å². The minimum atomic E-state index is -3.38. The Morgan fingerprint density at radius 3 is 2.19 bits per heavy atom. The molecule has 0 bridgehead atoms. The lowest BCUT2D eigenvalue weighted by molar-refractivity contribution is 0.0570. The van der Waals surface area contributed by atoms with E-state index < -0.39 is 15.9 Å². The van der Waals surface area contributed by atoms with Crippen LogP contribution in [0.3, 0.4) is 0 Å². The Balaban J connectivity index is 1.90. The van der Waals surface area contributed by atoms with E-state index in [9.17, 15) is 18.3 Å². The molecular weight excluding hydrogens is 368 g/mol. The summed E-state index contributed by atoms with van der Waals surface area (Å²) < 4.78 is 23.3. The number of hydrogen-bond donors (Lipinski definition) is 1. The van der Waals surface area contributed by atoms with E-state index in [1.807, 2.05) is 0 Å². The maximum atomic E-state index is 11.6. The van der Waals surface area contributed by atoms with Crippen molar-refractivity contribution in [1.82, 2.24) is 15.1 Å². The maximum absolute atomic E-state index is 11.6. The second-order valence-corrected chi connectivity index (χ2v) is 10.8. The van der Waals surface area contributed by atoms with Crippen LogP contribution >= 0.6 is 0 Å². The molecule has 0 saturated carbocycles. The number of piperidine rings is 1. The number of sulfone groups is 1. The Bertz CT molecular complexity index is 809. The normalized spacial score (nSPS) is 23.0. The second-order valence-electron chi connectivity index (χ2n) is 8.85. The number of anilines is 1. The Kier molecular flexibility index (Phi) is 4.86. The zero-order valence-corrected chi connectivity index (χ0v) is 17.2. The van der Waals surface area contributed by atoms with Gasteiger partial charge in [-0.05, 0) is 42.2 Å². The lowest BCUT2D eigenvalue weighted by Crippen LogP contribution is -2.53. The number of carboxylic acid groups (broad SMARTS) is 1. The van der Waals surface area contributed by atoms with Crippen LogP contribution in [-0.2, 0) is 9.84 Å². The Morgan fingerprint density at radius 1 is 1.15 bits per heavy atom. The molecule has 2 aliphatic rings. The third-order valence-electron chi connectivity index (χ3n) is 5.89. The highest BCUT2D eigenvalue weighted by molar-refractivity contribution is 7.90. The highest BCUT2D eigenvalue weighted by Gasteiger charge is 2.53. The van der Waals surface area contributed by atoms with Gasteiger partial charge in [0.25, 0.3) is 0 Å². The molecule has 1 spiro atoms. The number of nitrogens with zero attached hydrogens (tertiary/aromatic N) is 4. The fourth-order valence-corrected chi connectivity index (χ4v) is 5.41. The summed E-state index contributed by atoms with van der Waals surface area (Å²) in [6.07, 6.45) is 2.89. The van der Waals surface area contributed by atoms with Crippen LogP contribution in [0, 0.1) is 10.8 Å². The first-order valence-corrected chi connectivity index (χ1v) is 11.1. The van der Waals surface area contributed by atoms with Crippen LogP contribution in [-0.4, -0.2) is 66.6 Å². The quantitative estimate of drug-likeness (QED) is 0.818. The summed E-state index contributed by atoms with van der Waals surface area (Å²) in [4.78, 5) is 15.0. The van der Waals surface area contributed by atoms with E-state index in [0.29, 0.717) is 18.9 Å². The first kappa shape index (κ1) is 19.9. The molecule has 3 rings (SSSR count). The van der Waals surface area contributed by atoms with Crippen LogP contribution in [0.2, 0.25) is 0 Å². The lowest BCUT2D eigenvalue weighted by Gasteiger charge is -2.49. The highest BCUT2D eigenvalue weighted by atomic mass is 32.2. The largest absolute Gasteiger partial charge is 0.465 e. The van der Waals surface area contributed by atoms with Gasteiger partial charge in [0, 0.05) is 31.9 Å². The monoisotopic (exact) mass is 396 g/mol. The summed E-state index contributed by atoms with van der Waals surface area (Å²) >= 11 is 0. The van der Waals surface area contributed by atoms with Crippen LogP contribution in [0.5, 0.6) is 0 Å². The molecule has 1 N–H and O–H groups in total. The number of aromatic nitrogens is 2. The fourth-order valence-electron chi connectivity index (χ4n) is 4.90. The number of rotatable bonds is 2. The predicted octanol–water partition coefficient (Wildman–Crippen LogP) is 2.27. The highest BCUT2D eigenvalue weighted by Crippen LogP contribution is 2.52. The molecule has 0 radical (unpaired) electrons. The average Bonchev–Trinajstić information content (AvgIpc) is 2.94. The van der Waals surface area contributed by atoms with Gasteiger partial charge >= 0.3 is 6.09 Å². The van der Waals surface area contributed by atoms with Crippen LogP contribution in [0.4, 0.5) is 10.6 Å². The minimum Gasteiger partial charge on any atom is -0.465 e. The van der Waals surface area contributed by atoms with Crippen molar-refractivity contribution >= 4 is 21.7 Å². The Morgan fingerprint density at radius 2 is 1.74 bits per heavy atom. The summed E-state index contributed by atoms with van der Waals surface area (Å²) in [5.41, 5.74) is -0.0134. The van der Waals surface area contributed by atoms with Gasteiger partial charge in [-0.15, -0.1) is 10.2 Å². The Labute approximate surface area is 160 Å². The average molecular weight is 397 g/mol. The molecule has 3 heterocycles. The van der Waals surface area contributed by atoms with E-state index >= 15 is 0 Å². The van der Waals surface area contributed by atoms with Crippen molar-refractivity contribution in [2.24, 2.45) is 10.8 Å². The first-order chi connectivity index (χ1) is 12.4. The molecule has 0 aliphatic carbocycles. The molecule has 27 heavy (non-hydrogen) atoms. The van der Waals surface area contributed by atoms with E-state index in [4.69, 9.17) is 0 Å². The molecule has 1 amide bonds. The van der Waals surface area contributed by atoms with Crippen molar-refractivity contribution < 1.29 is 18.3 Å². The van der Waals surface area contributed by atoms with E-state index in [1.165, 1.54) is 11.0 Å². The minimum absolute atomic E-state index is 0.0257. The van der Waals surface area contributed by atoms with Crippen LogP contribution in [0.25, 0.3) is 0 Å². The number of hydrogen-bond acceptors (Lipinski definition) is 6. The topological polar surface area (TPSA) is 104 Å². The molecule has 1 unspecified atom stereocenters. The van der Waals surface area contributed by atoms with E-state index in [2.05, 4.69) is 35.9 Å². The number of carbonyl (C=O) groups is 1. The summed E-state index contributed by atoms with van der Waals surface area (Å²) in [6.45, 7) is 8.49. The molecule has 2 saturated heterocycles. The van der Waals surface area contributed by atoms with Gasteiger partial charge in [0.15, 0.2) is 20.7 Å². The van der Waals surface area contributed by atoms with Gasteiger partial charge in [0.05, 0.1) is 0 Å². The number of likely N-dealkylation sites (tertiary alicyclic amines) is 1. The fraction of sp³-hybridized carbons (Fsp3) is 0.722. The smallest absolute Gasteiger partial charge is 0.407 e. The Hall–Kier alpha value is -1.90. The van der Waals surface area contributed by atoms with Crippen molar-refractivity contribution in [3.63, 3.8) is 0 Å². The van der Waals surface area contributed by atoms with E-state index in [-0.39, 0.29) is 21.9 Å². The van der Waals surface area contributed by atoms with Crippen molar-refractivity contribution in [3.8, 4) is 0 Å². The van der Waals surface area contributed by atoms with Crippen molar-refractivity contribution in [2.45, 2.75) is 51.1 Å². The third kappa shape index (κ3) is 3.74. The molecule has 2 aliphatic heterocycles. The molecule has 9 heteroatoms. The summed E-state index contributed by atoms with van der Waals surface area (Å²) in [5.74, 6) is 0.680. The molecule has 2 fully saturated rings. The van der Waals surface area contributed by atoms with Crippen molar-refractivity contribution in [3.05, 3.63) is 12.1 Å². The van der Waals surface area contributed by atoms with Crippen LogP contribution in [0.15, 0.2) is 17.2 Å². The van der Waals surface area contributed by atoms with E-state index in [1.54, 1.807) is 6.07 Å².